The van der Waals surface area contributed by atoms with Gasteiger partial charge < -0.3 is 4.90 Å². The van der Waals surface area contributed by atoms with E-state index in [1.165, 1.54) is 23.2 Å². The summed E-state index contributed by atoms with van der Waals surface area (Å²) in [5, 5.41) is 0. The van der Waals surface area contributed by atoms with Crippen molar-refractivity contribution in [3.63, 3.8) is 0 Å². The van der Waals surface area contributed by atoms with E-state index in [0.717, 1.165) is 0 Å². The van der Waals surface area contributed by atoms with Crippen molar-refractivity contribution in [3.8, 4) is 0 Å². The fraction of sp³-hybridized carbons (Fsp3) is 0.647. The Kier molecular flexibility index (Phi) is 3.00. The molecule has 1 atom stereocenters. The van der Waals surface area contributed by atoms with Gasteiger partial charge in [-0.25, -0.2) is 0 Å². The molecule has 1 aliphatic heterocycles. The number of hydrogen-bond donors (Lipinski definition) is 0. The topological polar surface area (TPSA) is 3.24 Å². The van der Waals surface area contributed by atoms with Crippen LogP contribution in [0.25, 0.3) is 0 Å². The molecule has 0 saturated carbocycles. The van der Waals surface area contributed by atoms with Crippen molar-refractivity contribution < 1.29 is 0 Å². The molecule has 0 aromatic heterocycles. The van der Waals surface area contributed by atoms with E-state index in [1.807, 2.05) is 0 Å². The van der Waals surface area contributed by atoms with Gasteiger partial charge in [0.25, 0.3) is 0 Å². The number of rotatable bonds is 0. The third-order valence-corrected chi connectivity index (χ3v) is 4.21. The highest BCUT2D eigenvalue weighted by Crippen LogP contribution is 2.40. The lowest BCUT2D eigenvalue weighted by atomic mass is 9.84. The van der Waals surface area contributed by atoms with Gasteiger partial charge in [0.15, 0.2) is 0 Å². The highest BCUT2D eigenvalue weighted by Gasteiger charge is 2.35. The lowest BCUT2D eigenvalue weighted by molar-refractivity contribution is 0.320. The summed E-state index contributed by atoms with van der Waals surface area (Å²) < 4.78 is 0. The summed E-state index contributed by atoms with van der Waals surface area (Å²) in [7, 11) is 2.24. The third-order valence-electron chi connectivity index (χ3n) is 4.21. The molecule has 1 nitrogen and oxygen atoms in total. The Balaban J connectivity index is 2.39. The van der Waals surface area contributed by atoms with E-state index in [0.29, 0.717) is 11.5 Å². The smallest absolute Gasteiger partial charge is 0.0402 e. The molecule has 18 heavy (non-hydrogen) atoms. The van der Waals surface area contributed by atoms with E-state index in [2.05, 4.69) is 71.7 Å². The Morgan fingerprint density at radius 1 is 1.06 bits per heavy atom. The Morgan fingerprint density at radius 3 is 2.17 bits per heavy atom. The predicted molar refractivity (Wildman–Crippen MR) is 80.5 cm³/mol. The van der Waals surface area contributed by atoms with E-state index >= 15 is 0 Å². The van der Waals surface area contributed by atoms with E-state index in [-0.39, 0.29) is 5.41 Å². The van der Waals surface area contributed by atoms with Gasteiger partial charge in [-0.15, -0.1) is 0 Å². The molecule has 1 aliphatic rings. The third kappa shape index (κ3) is 2.28. The first-order valence-corrected chi connectivity index (χ1v) is 6.97. The lowest BCUT2D eigenvalue weighted by Gasteiger charge is -2.34. The SMILES string of the molecule is CN1c2cc(C(C)(C)C)ccc2CC1C(C)(C)C. The first-order valence-electron chi connectivity index (χ1n) is 6.97. The summed E-state index contributed by atoms with van der Waals surface area (Å²) in [6.07, 6.45) is 1.18. The number of hydrogen-bond acceptors (Lipinski definition) is 1. The van der Waals surface area contributed by atoms with E-state index < -0.39 is 0 Å². The Bertz CT molecular complexity index is 446. The molecule has 1 aromatic rings. The van der Waals surface area contributed by atoms with Crippen LogP contribution < -0.4 is 4.90 Å². The predicted octanol–water partition coefficient (Wildman–Crippen LogP) is 4.39. The quantitative estimate of drug-likeness (QED) is 0.655. The van der Waals surface area contributed by atoms with Crippen LogP contribution in [0.4, 0.5) is 5.69 Å². The zero-order valence-electron chi connectivity index (χ0n) is 13.0. The second kappa shape index (κ2) is 4.01. The van der Waals surface area contributed by atoms with Crippen LogP contribution >= 0.6 is 0 Å². The van der Waals surface area contributed by atoms with E-state index in [9.17, 15) is 0 Å². The molecular formula is C17H27N. The number of fused-ring (bicyclic) bond motifs is 1. The van der Waals surface area contributed by atoms with Gasteiger partial charge in [0.05, 0.1) is 0 Å². The highest BCUT2D eigenvalue weighted by molar-refractivity contribution is 5.61. The maximum atomic E-state index is 2.48. The first-order chi connectivity index (χ1) is 8.10. The van der Waals surface area contributed by atoms with Crippen LogP contribution in [-0.4, -0.2) is 13.1 Å². The van der Waals surface area contributed by atoms with Gasteiger partial charge in [0, 0.05) is 18.8 Å². The maximum Gasteiger partial charge on any atom is 0.0402 e. The zero-order valence-corrected chi connectivity index (χ0v) is 13.0. The molecule has 0 saturated heterocycles. The second-order valence-electron chi connectivity index (χ2n) is 7.79. The zero-order chi connectivity index (χ0) is 13.7. The van der Waals surface area contributed by atoms with Gasteiger partial charge in [-0.2, -0.15) is 0 Å². The Labute approximate surface area is 112 Å². The molecule has 0 N–H and O–H groups in total. The molecule has 1 heteroatoms. The van der Waals surface area contributed by atoms with Crippen molar-refractivity contribution in [2.75, 3.05) is 11.9 Å². The van der Waals surface area contributed by atoms with E-state index in [1.54, 1.807) is 0 Å². The molecule has 0 bridgehead atoms. The van der Waals surface area contributed by atoms with Crippen LogP contribution in [0.1, 0.15) is 52.7 Å². The number of likely N-dealkylation sites (N-methyl/N-ethyl adjacent to an activating group) is 1. The second-order valence-corrected chi connectivity index (χ2v) is 7.79. The molecule has 0 aliphatic carbocycles. The molecule has 1 unspecified atom stereocenters. The van der Waals surface area contributed by atoms with Crippen LogP contribution in [0.15, 0.2) is 18.2 Å². The van der Waals surface area contributed by atoms with Gasteiger partial charge in [-0.1, -0.05) is 53.7 Å². The Morgan fingerprint density at radius 2 is 1.67 bits per heavy atom. The van der Waals surface area contributed by atoms with Gasteiger partial charge >= 0.3 is 0 Å². The fourth-order valence-electron chi connectivity index (χ4n) is 2.93. The molecule has 1 aromatic carbocycles. The van der Waals surface area contributed by atoms with Crippen LogP contribution in [0, 0.1) is 5.41 Å². The largest absolute Gasteiger partial charge is 0.371 e. The number of benzene rings is 1. The van der Waals surface area contributed by atoms with Gasteiger partial charge in [-0.3, -0.25) is 0 Å². The highest BCUT2D eigenvalue weighted by atomic mass is 15.2. The molecule has 0 radical (unpaired) electrons. The minimum atomic E-state index is 0.232. The number of anilines is 1. The minimum absolute atomic E-state index is 0.232. The molecule has 1 heterocycles. The van der Waals surface area contributed by atoms with Crippen molar-refractivity contribution in [3.05, 3.63) is 29.3 Å². The van der Waals surface area contributed by atoms with Crippen molar-refractivity contribution in [1.82, 2.24) is 0 Å². The van der Waals surface area contributed by atoms with E-state index in [4.69, 9.17) is 0 Å². The average Bonchev–Trinajstić information content (AvgIpc) is 2.54. The van der Waals surface area contributed by atoms with Crippen molar-refractivity contribution in [2.45, 2.75) is 59.4 Å². The Hall–Kier alpha value is -0.980. The molecule has 0 fully saturated rings. The summed E-state index contributed by atoms with van der Waals surface area (Å²) in [5.74, 6) is 0. The fourth-order valence-corrected chi connectivity index (χ4v) is 2.93. The molecule has 0 spiro atoms. The molecule has 100 valence electrons. The van der Waals surface area contributed by atoms with Gasteiger partial charge in [0.1, 0.15) is 0 Å². The van der Waals surface area contributed by atoms with Crippen molar-refractivity contribution in [2.24, 2.45) is 5.41 Å². The van der Waals surface area contributed by atoms with Crippen LogP contribution in [-0.2, 0) is 11.8 Å². The standard InChI is InChI=1S/C17H27N/c1-16(2,3)13-9-8-12-10-15(17(4,5)6)18(7)14(12)11-13/h8-9,11,15H,10H2,1-7H3. The van der Waals surface area contributed by atoms with Crippen LogP contribution in [0.3, 0.4) is 0 Å². The van der Waals surface area contributed by atoms with Crippen LogP contribution in [0.2, 0.25) is 0 Å². The van der Waals surface area contributed by atoms with Crippen molar-refractivity contribution >= 4 is 5.69 Å². The summed E-state index contributed by atoms with van der Waals surface area (Å²) >= 11 is 0. The lowest BCUT2D eigenvalue weighted by Crippen LogP contribution is -2.39. The van der Waals surface area contributed by atoms with Gasteiger partial charge in [-0.05, 0) is 34.4 Å². The normalized spacial score (nSPS) is 20.2. The first kappa shape index (κ1) is 13.5. The van der Waals surface area contributed by atoms with Crippen molar-refractivity contribution in [1.29, 1.82) is 0 Å². The monoisotopic (exact) mass is 245 g/mol. The average molecular weight is 245 g/mol. The molecular weight excluding hydrogens is 218 g/mol. The summed E-state index contributed by atoms with van der Waals surface area (Å²) in [6.45, 7) is 13.9. The van der Waals surface area contributed by atoms with Gasteiger partial charge in [0.2, 0.25) is 0 Å². The molecule has 2 rings (SSSR count). The van der Waals surface area contributed by atoms with Crippen LogP contribution in [0.5, 0.6) is 0 Å². The number of nitrogens with zero attached hydrogens (tertiary/aromatic N) is 1. The minimum Gasteiger partial charge on any atom is -0.371 e. The summed E-state index contributed by atoms with van der Waals surface area (Å²) in [6, 6.07) is 7.64. The summed E-state index contributed by atoms with van der Waals surface area (Å²) in [5.41, 5.74) is 4.93. The molecule has 0 amide bonds. The summed E-state index contributed by atoms with van der Waals surface area (Å²) in [4.78, 5) is 2.48. The maximum absolute atomic E-state index is 2.48.